The number of carbonyl (C=O) groups is 4. The Labute approximate surface area is 341 Å². The summed E-state index contributed by atoms with van der Waals surface area (Å²) >= 11 is 0. The summed E-state index contributed by atoms with van der Waals surface area (Å²) in [4.78, 5) is 58.9. The van der Waals surface area contributed by atoms with Gasteiger partial charge in [0.15, 0.2) is 0 Å². The minimum Gasteiger partial charge on any atom is -0.379 e. The van der Waals surface area contributed by atoms with Crippen LogP contribution in [0.5, 0.6) is 0 Å². The molecule has 1 aromatic rings. The van der Waals surface area contributed by atoms with E-state index in [0.29, 0.717) is 25.8 Å². The molecule has 1 aromatic carbocycles. The molecule has 0 radical (unpaired) electrons. The standard InChI is InChI=1S/C41H72N6O9S/c1-13-27(7)36(46(10)41(52)35(26(5)6)44-40(51)34(42-9)25(3)4)32(55-11)24-33(48)47-22-18-21-31(47)37(56-12)28(8)38(49)43-30(23-29-19-16-15-17-20-29)39(50)45-57(53,54)14-2/h15-17,19-20,25-28,30-32,34-37,39,42,45,50H,13-14,18,21-24H2,1-12H3,(H,43,49)(H,44,51)/t27-,28+,30-,31-,32+,34-,35-,36-,37+,39?/m0/s1. The number of likely N-dealkylation sites (N-methyl/N-ethyl adjacent to an activating group) is 2. The fraction of sp³-hybridized carbons (Fsp3) is 0.756. The van der Waals surface area contributed by atoms with E-state index in [1.807, 2.05) is 71.9 Å². The second-order valence-electron chi connectivity index (χ2n) is 16.1. The Hall–Kier alpha value is -3.15. The third-order valence-electron chi connectivity index (χ3n) is 11.4. The highest BCUT2D eigenvalue weighted by Gasteiger charge is 2.43. The smallest absolute Gasteiger partial charge is 0.245 e. The van der Waals surface area contributed by atoms with Gasteiger partial charge in [0.1, 0.15) is 12.3 Å². The minimum atomic E-state index is -3.79. The maximum absolute atomic E-state index is 14.3. The summed E-state index contributed by atoms with van der Waals surface area (Å²) in [6, 6.07) is 5.90. The minimum absolute atomic E-state index is 0.00956. The molecule has 5 N–H and O–H groups in total. The summed E-state index contributed by atoms with van der Waals surface area (Å²) in [5.74, 6) is -2.50. The van der Waals surface area contributed by atoms with Gasteiger partial charge in [-0.3, -0.25) is 19.2 Å². The predicted molar refractivity (Wildman–Crippen MR) is 221 cm³/mol. The average Bonchev–Trinajstić information content (AvgIpc) is 3.66. The van der Waals surface area contributed by atoms with Gasteiger partial charge in [-0.15, -0.1) is 0 Å². The number of likely N-dealkylation sites (tertiary alicyclic amines) is 1. The van der Waals surface area contributed by atoms with Crippen LogP contribution in [0.25, 0.3) is 0 Å². The average molecular weight is 825 g/mol. The van der Waals surface area contributed by atoms with E-state index in [1.54, 1.807) is 30.8 Å². The molecule has 1 heterocycles. The maximum Gasteiger partial charge on any atom is 0.245 e. The number of carbonyl (C=O) groups excluding carboxylic acids is 4. The quantitative estimate of drug-likeness (QED) is 0.0966. The fourth-order valence-corrected chi connectivity index (χ4v) is 8.52. The van der Waals surface area contributed by atoms with Crippen LogP contribution < -0.4 is 20.7 Å². The number of sulfonamides is 1. The number of ether oxygens (including phenoxy) is 2. The predicted octanol–water partition coefficient (Wildman–Crippen LogP) is 2.28. The van der Waals surface area contributed by atoms with E-state index in [1.165, 1.54) is 21.1 Å². The summed E-state index contributed by atoms with van der Waals surface area (Å²) in [6.07, 6.45) is -0.908. The zero-order chi connectivity index (χ0) is 43.2. The van der Waals surface area contributed by atoms with E-state index in [-0.39, 0.29) is 54.1 Å². The normalized spacial score (nSPS) is 19.6. The number of rotatable bonds is 24. The molecule has 57 heavy (non-hydrogen) atoms. The Bertz CT molecular complexity index is 1530. The summed E-state index contributed by atoms with van der Waals surface area (Å²) in [6.45, 7) is 15.2. The van der Waals surface area contributed by atoms with Gasteiger partial charge < -0.3 is 40.3 Å². The monoisotopic (exact) mass is 825 g/mol. The lowest BCUT2D eigenvalue weighted by Crippen LogP contribution is -2.59. The first-order valence-corrected chi connectivity index (χ1v) is 22.1. The number of nitrogens with zero attached hydrogens (tertiary/aromatic N) is 2. The van der Waals surface area contributed by atoms with E-state index in [4.69, 9.17) is 9.47 Å². The van der Waals surface area contributed by atoms with Gasteiger partial charge in [0.05, 0.1) is 54.5 Å². The van der Waals surface area contributed by atoms with E-state index in [2.05, 4.69) is 20.7 Å². The van der Waals surface area contributed by atoms with Gasteiger partial charge in [0.25, 0.3) is 0 Å². The molecule has 2 rings (SSSR count). The number of amides is 4. The molecule has 10 atom stereocenters. The number of hydrogen-bond acceptors (Lipinski definition) is 10. The van der Waals surface area contributed by atoms with Gasteiger partial charge in [0.2, 0.25) is 33.7 Å². The van der Waals surface area contributed by atoms with Gasteiger partial charge >= 0.3 is 0 Å². The third kappa shape index (κ3) is 14.0. The van der Waals surface area contributed by atoms with Gasteiger partial charge in [-0.05, 0) is 56.6 Å². The highest BCUT2D eigenvalue weighted by Crippen LogP contribution is 2.30. The summed E-state index contributed by atoms with van der Waals surface area (Å²) in [7, 11) is 2.64. The van der Waals surface area contributed by atoms with E-state index < -0.39 is 70.5 Å². The molecule has 0 spiro atoms. The zero-order valence-electron chi connectivity index (χ0n) is 36.3. The Morgan fingerprint density at radius 1 is 0.930 bits per heavy atom. The van der Waals surface area contributed by atoms with Gasteiger partial charge in [0, 0.05) is 27.8 Å². The van der Waals surface area contributed by atoms with Crippen molar-refractivity contribution in [3.63, 3.8) is 0 Å². The molecule has 0 aromatic heterocycles. The Morgan fingerprint density at radius 2 is 1.54 bits per heavy atom. The van der Waals surface area contributed by atoms with Gasteiger partial charge in [-0.1, -0.05) is 85.2 Å². The van der Waals surface area contributed by atoms with Crippen LogP contribution in [-0.2, 0) is 45.1 Å². The zero-order valence-corrected chi connectivity index (χ0v) is 37.1. The van der Waals surface area contributed by atoms with Crippen LogP contribution in [0.3, 0.4) is 0 Å². The molecule has 1 fully saturated rings. The van der Waals surface area contributed by atoms with Crippen molar-refractivity contribution in [3.8, 4) is 0 Å². The van der Waals surface area contributed by atoms with Crippen molar-refractivity contribution in [1.82, 2.24) is 30.5 Å². The number of nitrogens with one attached hydrogen (secondary N) is 4. The molecule has 15 nitrogen and oxygen atoms in total. The number of benzene rings is 1. The van der Waals surface area contributed by atoms with Crippen LogP contribution in [0.2, 0.25) is 0 Å². The molecule has 1 aliphatic heterocycles. The van der Waals surface area contributed by atoms with Crippen LogP contribution in [0.4, 0.5) is 0 Å². The largest absolute Gasteiger partial charge is 0.379 e. The Kier molecular flexibility index (Phi) is 20.6. The van der Waals surface area contributed by atoms with Crippen LogP contribution in [0.1, 0.15) is 86.6 Å². The summed E-state index contributed by atoms with van der Waals surface area (Å²) < 4.78 is 38.9. The maximum atomic E-state index is 14.3. The second kappa shape index (κ2) is 23.4. The molecule has 4 amide bonds. The lowest BCUT2D eigenvalue weighted by molar-refractivity contribution is -0.148. The lowest BCUT2D eigenvalue weighted by Gasteiger charge is -2.41. The van der Waals surface area contributed by atoms with Crippen molar-refractivity contribution in [2.45, 2.75) is 136 Å². The van der Waals surface area contributed by atoms with Crippen molar-refractivity contribution < 1.29 is 42.2 Å². The molecule has 1 unspecified atom stereocenters. The topological polar surface area (TPSA) is 196 Å². The lowest BCUT2D eigenvalue weighted by atomic mass is 9.89. The molecule has 1 aliphatic rings. The first-order valence-electron chi connectivity index (χ1n) is 20.4. The van der Waals surface area contributed by atoms with Crippen molar-refractivity contribution >= 4 is 33.7 Å². The Morgan fingerprint density at radius 3 is 2.05 bits per heavy atom. The molecule has 0 bridgehead atoms. The highest BCUT2D eigenvalue weighted by molar-refractivity contribution is 7.89. The summed E-state index contributed by atoms with van der Waals surface area (Å²) in [5, 5.41) is 19.8. The SMILES string of the molecule is CC[C@H](C)[C@@H]([C@@H](CC(=O)N1CCC[C@H]1[C@H](OC)[C@@H](C)C(=O)N[C@@H](Cc1ccccc1)C(O)NS(=O)(=O)CC)OC)N(C)C(=O)[C@@H](NC(=O)[C@@H](NC)C(C)C)C(C)C. The molecule has 1 saturated heterocycles. The van der Waals surface area contributed by atoms with Crippen LogP contribution >= 0.6 is 0 Å². The summed E-state index contributed by atoms with van der Waals surface area (Å²) in [5.41, 5.74) is 0.787. The van der Waals surface area contributed by atoms with Crippen LogP contribution in [-0.4, -0.2) is 136 Å². The number of aliphatic hydroxyl groups is 1. The first kappa shape index (κ1) is 50.0. The van der Waals surface area contributed by atoms with Crippen LogP contribution in [0, 0.1) is 23.7 Å². The second-order valence-corrected chi connectivity index (χ2v) is 18.1. The number of hydrogen-bond donors (Lipinski definition) is 5. The van der Waals surface area contributed by atoms with Crippen molar-refractivity contribution in [1.29, 1.82) is 0 Å². The first-order chi connectivity index (χ1) is 26.8. The fourth-order valence-electron chi connectivity index (χ4n) is 7.82. The van der Waals surface area contributed by atoms with E-state index >= 15 is 0 Å². The molecule has 16 heteroatoms. The van der Waals surface area contributed by atoms with Crippen LogP contribution in [0.15, 0.2) is 30.3 Å². The Balaban J connectivity index is 2.32. The third-order valence-corrected chi connectivity index (χ3v) is 12.8. The number of aliphatic hydroxyl groups excluding tert-OH is 1. The van der Waals surface area contributed by atoms with Gasteiger partial charge in [-0.2, -0.15) is 4.72 Å². The molecule has 326 valence electrons. The van der Waals surface area contributed by atoms with Crippen molar-refractivity contribution in [3.05, 3.63) is 35.9 Å². The number of methoxy groups -OCH3 is 2. The molecular weight excluding hydrogens is 753 g/mol. The highest BCUT2D eigenvalue weighted by atomic mass is 32.2. The molecule has 0 saturated carbocycles. The van der Waals surface area contributed by atoms with Crippen molar-refractivity contribution in [2.75, 3.05) is 40.6 Å². The van der Waals surface area contributed by atoms with E-state index in [9.17, 15) is 32.7 Å². The van der Waals surface area contributed by atoms with Gasteiger partial charge in [-0.25, -0.2) is 8.42 Å². The van der Waals surface area contributed by atoms with E-state index in [0.717, 1.165) is 5.56 Å². The molecular formula is C41H72N6O9S. The molecule has 0 aliphatic carbocycles. The van der Waals surface area contributed by atoms with Crippen molar-refractivity contribution in [2.24, 2.45) is 23.7 Å².